The van der Waals surface area contributed by atoms with Crippen molar-refractivity contribution in [3.63, 3.8) is 0 Å². The Balaban J connectivity index is 1.61. The smallest absolute Gasteiger partial charge is 0.229 e. The summed E-state index contributed by atoms with van der Waals surface area (Å²) >= 11 is 3.43. The zero-order chi connectivity index (χ0) is 17.2. The monoisotopic (exact) mass is 398 g/mol. The van der Waals surface area contributed by atoms with Gasteiger partial charge in [0, 0.05) is 10.0 Å². The van der Waals surface area contributed by atoms with E-state index in [0.717, 1.165) is 21.3 Å². The lowest BCUT2D eigenvalue weighted by atomic mass is 10.0. The van der Waals surface area contributed by atoms with Gasteiger partial charge in [0.15, 0.2) is 0 Å². The molecular formula is C18H15BrN4O2. The van der Waals surface area contributed by atoms with Crippen LogP contribution < -0.4 is 10.1 Å². The van der Waals surface area contributed by atoms with Crippen molar-refractivity contribution in [1.82, 2.24) is 14.8 Å². The maximum atomic E-state index is 12.0. The molecule has 126 valence electrons. The van der Waals surface area contributed by atoms with Crippen LogP contribution in [0.1, 0.15) is 23.6 Å². The minimum Gasteiger partial charge on any atom is -0.489 e. The average Bonchev–Trinajstić information content (AvgIpc) is 3.09. The van der Waals surface area contributed by atoms with E-state index in [2.05, 4.69) is 31.3 Å². The quantitative estimate of drug-likeness (QED) is 0.729. The van der Waals surface area contributed by atoms with Gasteiger partial charge in [0.2, 0.25) is 11.9 Å². The van der Waals surface area contributed by atoms with Crippen molar-refractivity contribution < 1.29 is 9.53 Å². The molecule has 1 atom stereocenters. The number of aromatic nitrogens is 3. The van der Waals surface area contributed by atoms with E-state index in [-0.39, 0.29) is 11.9 Å². The largest absolute Gasteiger partial charge is 0.489 e. The van der Waals surface area contributed by atoms with Crippen LogP contribution in [0.25, 0.3) is 0 Å². The highest BCUT2D eigenvalue weighted by Crippen LogP contribution is 2.34. The Labute approximate surface area is 153 Å². The zero-order valence-electron chi connectivity index (χ0n) is 13.2. The fourth-order valence-electron chi connectivity index (χ4n) is 2.88. The number of carbonyl (C=O) groups excluding carboxylic acids is 1. The molecule has 2 aromatic carbocycles. The first kappa shape index (κ1) is 15.8. The zero-order valence-corrected chi connectivity index (χ0v) is 14.8. The van der Waals surface area contributed by atoms with Gasteiger partial charge < -0.3 is 4.74 Å². The first-order valence-corrected chi connectivity index (χ1v) is 8.65. The Bertz CT molecular complexity index is 907. The molecule has 0 spiro atoms. The third-order valence-corrected chi connectivity index (χ3v) is 4.61. The second kappa shape index (κ2) is 6.68. The summed E-state index contributed by atoms with van der Waals surface area (Å²) in [5.41, 5.74) is 1.99. The third kappa shape index (κ3) is 3.28. The van der Waals surface area contributed by atoms with Crippen molar-refractivity contribution in [2.75, 3.05) is 5.32 Å². The molecule has 0 saturated heterocycles. The van der Waals surface area contributed by atoms with Gasteiger partial charge in [0.05, 0.1) is 12.5 Å². The molecule has 25 heavy (non-hydrogen) atoms. The van der Waals surface area contributed by atoms with Gasteiger partial charge in [-0.2, -0.15) is 10.1 Å². The van der Waals surface area contributed by atoms with Gasteiger partial charge in [-0.15, -0.1) is 0 Å². The first-order chi connectivity index (χ1) is 12.2. The standard InChI is InChI=1S/C18H15BrN4O2/c19-13-7-5-12(6-8-13)10-25-16-4-2-1-3-14(16)15-9-17(24)22-18-20-11-21-23(15)18/h1-8,11,15H,9-10H2,(H,20,21,22,24)/t15-/m1/s1. The lowest BCUT2D eigenvalue weighted by molar-refractivity contribution is -0.117. The van der Waals surface area contributed by atoms with E-state index in [1.54, 1.807) is 4.68 Å². The van der Waals surface area contributed by atoms with Crippen LogP contribution >= 0.6 is 15.9 Å². The fraction of sp³-hybridized carbons (Fsp3) is 0.167. The normalized spacial score (nSPS) is 16.2. The number of hydrogen-bond acceptors (Lipinski definition) is 4. The van der Waals surface area contributed by atoms with Gasteiger partial charge in [-0.1, -0.05) is 46.3 Å². The summed E-state index contributed by atoms with van der Waals surface area (Å²) in [7, 11) is 0. The van der Waals surface area contributed by atoms with Crippen LogP contribution in [0, 0.1) is 0 Å². The highest BCUT2D eigenvalue weighted by atomic mass is 79.9. The molecule has 3 aromatic rings. The Morgan fingerprint density at radius 3 is 2.84 bits per heavy atom. The summed E-state index contributed by atoms with van der Waals surface area (Å²) in [6, 6.07) is 15.5. The van der Waals surface area contributed by atoms with Crippen LogP contribution in [0.3, 0.4) is 0 Å². The molecule has 6 nitrogen and oxygen atoms in total. The molecule has 0 radical (unpaired) electrons. The van der Waals surface area contributed by atoms with E-state index in [1.165, 1.54) is 6.33 Å². The van der Waals surface area contributed by atoms with E-state index < -0.39 is 0 Å². The number of ether oxygens (including phenoxy) is 1. The van der Waals surface area contributed by atoms with Gasteiger partial charge in [0.1, 0.15) is 18.7 Å². The maximum absolute atomic E-state index is 12.0. The highest BCUT2D eigenvalue weighted by molar-refractivity contribution is 9.10. The average molecular weight is 399 g/mol. The van der Waals surface area contributed by atoms with E-state index in [0.29, 0.717) is 19.0 Å². The fourth-order valence-corrected chi connectivity index (χ4v) is 3.14. The summed E-state index contributed by atoms with van der Waals surface area (Å²) in [6.07, 6.45) is 1.74. The Hall–Kier alpha value is -2.67. The molecule has 1 amide bonds. The number of anilines is 1. The van der Waals surface area contributed by atoms with Crippen LogP contribution in [0.4, 0.5) is 5.95 Å². The van der Waals surface area contributed by atoms with Gasteiger partial charge in [-0.05, 0) is 23.8 Å². The van der Waals surface area contributed by atoms with E-state index in [1.807, 2.05) is 48.5 Å². The second-order valence-electron chi connectivity index (χ2n) is 5.75. The molecule has 1 N–H and O–H groups in total. The topological polar surface area (TPSA) is 69.0 Å². The molecule has 7 heteroatoms. The SMILES string of the molecule is O=C1C[C@H](c2ccccc2OCc2ccc(Br)cc2)n2ncnc2N1. The Morgan fingerprint density at radius 2 is 2.00 bits per heavy atom. The minimum absolute atomic E-state index is 0.0757. The van der Waals surface area contributed by atoms with Crippen molar-refractivity contribution in [2.45, 2.75) is 19.1 Å². The molecule has 1 aliphatic heterocycles. The first-order valence-electron chi connectivity index (χ1n) is 7.86. The van der Waals surface area contributed by atoms with E-state index in [4.69, 9.17) is 4.74 Å². The van der Waals surface area contributed by atoms with Gasteiger partial charge in [-0.25, -0.2) is 4.68 Å². The van der Waals surface area contributed by atoms with Crippen LogP contribution in [-0.4, -0.2) is 20.7 Å². The Morgan fingerprint density at radius 1 is 1.20 bits per heavy atom. The minimum atomic E-state index is -0.229. The van der Waals surface area contributed by atoms with Crippen molar-refractivity contribution in [1.29, 1.82) is 0 Å². The van der Waals surface area contributed by atoms with Crippen LogP contribution in [0.15, 0.2) is 59.3 Å². The number of para-hydroxylation sites is 1. The van der Waals surface area contributed by atoms with Crippen molar-refractivity contribution >= 4 is 27.8 Å². The summed E-state index contributed by atoms with van der Waals surface area (Å²) in [6.45, 7) is 0.452. The number of benzene rings is 2. The van der Waals surface area contributed by atoms with Gasteiger partial charge in [-0.3, -0.25) is 10.1 Å². The number of nitrogens with zero attached hydrogens (tertiary/aromatic N) is 3. The number of hydrogen-bond donors (Lipinski definition) is 1. The van der Waals surface area contributed by atoms with Gasteiger partial charge in [0.25, 0.3) is 0 Å². The molecular weight excluding hydrogens is 384 g/mol. The molecule has 0 bridgehead atoms. The number of amides is 1. The summed E-state index contributed by atoms with van der Waals surface area (Å²) in [5.74, 6) is 1.13. The molecule has 0 fully saturated rings. The summed E-state index contributed by atoms with van der Waals surface area (Å²) in [5, 5.41) is 6.98. The lowest BCUT2D eigenvalue weighted by Gasteiger charge is -2.25. The number of halogens is 1. The molecule has 0 unspecified atom stereocenters. The maximum Gasteiger partial charge on any atom is 0.229 e. The van der Waals surface area contributed by atoms with Crippen LogP contribution in [0.2, 0.25) is 0 Å². The Kier molecular flexibility index (Phi) is 4.23. The summed E-state index contributed by atoms with van der Waals surface area (Å²) < 4.78 is 8.79. The van der Waals surface area contributed by atoms with E-state index in [9.17, 15) is 4.79 Å². The van der Waals surface area contributed by atoms with Crippen molar-refractivity contribution in [3.8, 4) is 5.75 Å². The molecule has 4 rings (SSSR count). The molecule has 2 heterocycles. The molecule has 1 aliphatic rings. The number of carbonyl (C=O) groups is 1. The highest BCUT2D eigenvalue weighted by Gasteiger charge is 2.29. The van der Waals surface area contributed by atoms with Gasteiger partial charge >= 0.3 is 0 Å². The van der Waals surface area contributed by atoms with E-state index >= 15 is 0 Å². The second-order valence-corrected chi connectivity index (χ2v) is 6.66. The van der Waals surface area contributed by atoms with Crippen molar-refractivity contribution in [3.05, 3.63) is 70.5 Å². The predicted molar refractivity (Wildman–Crippen MR) is 96.3 cm³/mol. The number of rotatable bonds is 4. The number of fused-ring (bicyclic) bond motifs is 1. The predicted octanol–water partition coefficient (Wildman–Crippen LogP) is 3.55. The molecule has 1 aromatic heterocycles. The van der Waals surface area contributed by atoms with Crippen LogP contribution in [-0.2, 0) is 11.4 Å². The van der Waals surface area contributed by atoms with Crippen LogP contribution in [0.5, 0.6) is 5.75 Å². The van der Waals surface area contributed by atoms with Crippen molar-refractivity contribution in [2.24, 2.45) is 0 Å². The molecule has 0 aliphatic carbocycles. The third-order valence-electron chi connectivity index (χ3n) is 4.08. The summed E-state index contributed by atoms with van der Waals surface area (Å²) in [4.78, 5) is 16.1. The number of nitrogens with one attached hydrogen (secondary N) is 1. The molecule has 0 saturated carbocycles. The lowest BCUT2D eigenvalue weighted by Crippen LogP contribution is -2.29.